The molecule has 0 radical (unpaired) electrons. The van der Waals surface area contributed by atoms with Crippen LogP contribution in [0.5, 0.6) is 0 Å². The van der Waals surface area contributed by atoms with Crippen molar-refractivity contribution in [3.05, 3.63) is 41.0 Å². The standard InChI is InChI=1S/C26H31N5/c27-18-22-20-10-4-5-11-21(20)26(31-24-13-7-6-12-23(24)28-25(22)31)30-16-14-29(15-17-30)19-8-2-1-3-9-19/h6-7,12-13,19H,1-5,8-11,14-17H2. The summed E-state index contributed by atoms with van der Waals surface area (Å²) in [5.41, 5.74) is 6.45. The molecule has 5 nitrogen and oxygen atoms in total. The molecule has 1 aromatic carbocycles. The lowest BCUT2D eigenvalue weighted by molar-refractivity contribution is 0.147. The highest BCUT2D eigenvalue weighted by atomic mass is 15.3. The molecule has 1 saturated carbocycles. The number of piperazine rings is 1. The Bertz CT molecular complexity index is 1160. The number of anilines is 1. The summed E-state index contributed by atoms with van der Waals surface area (Å²) in [7, 11) is 0. The fraction of sp³-hybridized carbons (Fsp3) is 0.538. The van der Waals surface area contributed by atoms with E-state index in [9.17, 15) is 5.26 Å². The number of rotatable bonds is 2. The van der Waals surface area contributed by atoms with Crippen molar-refractivity contribution in [3.63, 3.8) is 0 Å². The topological polar surface area (TPSA) is 47.6 Å². The van der Waals surface area contributed by atoms with E-state index in [1.54, 1.807) is 0 Å². The Balaban J connectivity index is 1.46. The van der Waals surface area contributed by atoms with Crippen molar-refractivity contribution < 1.29 is 0 Å². The van der Waals surface area contributed by atoms with Gasteiger partial charge in [0.2, 0.25) is 0 Å². The molecule has 0 unspecified atom stereocenters. The second-order valence-electron chi connectivity index (χ2n) is 9.55. The first-order valence-electron chi connectivity index (χ1n) is 12.2. The van der Waals surface area contributed by atoms with Crippen molar-refractivity contribution in [2.45, 2.75) is 63.8 Å². The van der Waals surface area contributed by atoms with Crippen LogP contribution in [0.3, 0.4) is 0 Å². The quantitative estimate of drug-likeness (QED) is 0.611. The zero-order chi connectivity index (χ0) is 20.8. The molecular formula is C26H31N5. The first kappa shape index (κ1) is 19.1. The van der Waals surface area contributed by atoms with Crippen molar-refractivity contribution in [2.24, 2.45) is 0 Å². The van der Waals surface area contributed by atoms with Crippen LogP contribution in [0.15, 0.2) is 24.3 Å². The molecule has 3 aliphatic rings. The van der Waals surface area contributed by atoms with Crippen LogP contribution in [0.2, 0.25) is 0 Å². The van der Waals surface area contributed by atoms with E-state index in [0.717, 1.165) is 67.3 Å². The number of imidazole rings is 1. The van der Waals surface area contributed by atoms with Crippen LogP contribution in [-0.2, 0) is 12.8 Å². The zero-order valence-electron chi connectivity index (χ0n) is 18.3. The summed E-state index contributed by atoms with van der Waals surface area (Å²) in [5.74, 6) is 1.32. The number of hydrogen-bond acceptors (Lipinski definition) is 4. The average Bonchev–Trinajstić information content (AvgIpc) is 3.22. The lowest BCUT2D eigenvalue weighted by Crippen LogP contribution is -2.51. The van der Waals surface area contributed by atoms with Gasteiger partial charge < -0.3 is 4.90 Å². The van der Waals surface area contributed by atoms with E-state index < -0.39 is 0 Å². The number of nitrogens with zero attached hydrogens (tertiary/aromatic N) is 5. The van der Waals surface area contributed by atoms with Gasteiger partial charge in [-0.05, 0) is 61.8 Å². The van der Waals surface area contributed by atoms with Gasteiger partial charge in [-0.1, -0.05) is 31.4 Å². The molecule has 31 heavy (non-hydrogen) atoms. The Morgan fingerprint density at radius 1 is 0.871 bits per heavy atom. The highest BCUT2D eigenvalue weighted by Crippen LogP contribution is 2.38. The van der Waals surface area contributed by atoms with Crippen molar-refractivity contribution in [1.82, 2.24) is 14.3 Å². The SMILES string of the molecule is N#Cc1c2c(c(N3CCN(C4CCCCC4)CC3)n3c1nc1ccccc13)CCCC2. The Morgan fingerprint density at radius 2 is 1.61 bits per heavy atom. The Morgan fingerprint density at radius 3 is 2.39 bits per heavy atom. The van der Waals surface area contributed by atoms with Gasteiger partial charge in [-0.15, -0.1) is 0 Å². The molecule has 6 rings (SSSR count). The van der Waals surface area contributed by atoms with E-state index in [0.29, 0.717) is 0 Å². The van der Waals surface area contributed by atoms with Crippen LogP contribution in [-0.4, -0.2) is 46.5 Å². The summed E-state index contributed by atoms with van der Waals surface area (Å²) >= 11 is 0. The first-order chi connectivity index (χ1) is 15.3. The third kappa shape index (κ3) is 3.11. The molecule has 160 valence electrons. The summed E-state index contributed by atoms with van der Waals surface area (Å²) in [5, 5.41) is 10.1. The Labute approximate surface area is 184 Å². The van der Waals surface area contributed by atoms with Gasteiger partial charge in [0.15, 0.2) is 5.65 Å². The van der Waals surface area contributed by atoms with Crippen LogP contribution < -0.4 is 4.90 Å². The average molecular weight is 414 g/mol. The van der Waals surface area contributed by atoms with Crippen LogP contribution in [0.4, 0.5) is 5.82 Å². The molecule has 2 aromatic heterocycles. The van der Waals surface area contributed by atoms with Crippen molar-refractivity contribution in [3.8, 4) is 6.07 Å². The minimum absolute atomic E-state index is 0.792. The van der Waals surface area contributed by atoms with Gasteiger partial charge >= 0.3 is 0 Å². The van der Waals surface area contributed by atoms with Crippen LogP contribution >= 0.6 is 0 Å². The van der Waals surface area contributed by atoms with Gasteiger partial charge in [0.1, 0.15) is 11.9 Å². The maximum Gasteiger partial charge on any atom is 0.157 e. The molecule has 1 saturated heterocycles. The molecule has 3 heterocycles. The number of aromatic nitrogens is 2. The number of benzene rings is 1. The molecule has 0 N–H and O–H groups in total. The van der Waals surface area contributed by atoms with Crippen molar-refractivity contribution in [2.75, 3.05) is 31.1 Å². The van der Waals surface area contributed by atoms with Gasteiger partial charge in [0, 0.05) is 32.2 Å². The van der Waals surface area contributed by atoms with E-state index in [1.165, 1.54) is 61.9 Å². The van der Waals surface area contributed by atoms with E-state index in [-0.39, 0.29) is 0 Å². The predicted octanol–water partition coefficient (Wildman–Crippen LogP) is 4.69. The van der Waals surface area contributed by atoms with Crippen LogP contribution in [0.1, 0.15) is 61.6 Å². The van der Waals surface area contributed by atoms with E-state index in [2.05, 4.69) is 38.5 Å². The normalized spacial score (nSPS) is 20.8. The molecule has 5 heteroatoms. The Kier molecular flexibility index (Phi) is 4.84. The van der Waals surface area contributed by atoms with Crippen LogP contribution in [0.25, 0.3) is 16.7 Å². The third-order valence-corrected chi connectivity index (χ3v) is 7.85. The summed E-state index contributed by atoms with van der Waals surface area (Å²) < 4.78 is 2.31. The molecule has 3 aromatic rings. The van der Waals surface area contributed by atoms with E-state index in [4.69, 9.17) is 4.98 Å². The maximum atomic E-state index is 10.1. The second-order valence-corrected chi connectivity index (χ2v) is 9.55. The summed E-state index contributed by atoms with van der Waals surface area (Å²) in [6.45, 7) is 4.42. The van der Waals surface area contributed by atoms with Gasteiger partial charge in [-0.2, -0.15) is 5.26 Å². The summed E-state index contributed by atoms with van der Waals surface area (Å²) in [6.07, 6.45) is 11.4. The molecular weight excluding hydrogens is 382 g/mol. The monoisotopic (exact) mass is 413 g/mol. The third-order valence-electron chi connectivity index (χ3n) is 7.85. The number of fused-ring (bicyclic) bond motifs is 4. The smallest absolute Gasteiger partial charge is 0.157 e. The maximum absolute atomic E-state index is 10.1. The highest BCUT2D eigenvalue weighted by Gasteiger charge is 2.30. The minimum Gasteiger partial charge on any atom is -0.355 e. The van der Waals surface area contributed by atoms with Gasteiger partial charge in [-0.25, -0.2) is 4.98 Å². The largest absolute Gasteiger partial charge is 0.355 e. The van der Waals surface area contributed by atoms with Gasteiger partial charge in [0.05, 0.1) is 16.6 Å². The van der Waals surface area contributed by atoms with Gasteiger partial charge in [0.25, 0.3) is 0 Å². The zero-order valence-corrected chi connectivity index (χ0v) is 18.3. The molecule has 0 spiro atoms. The molecule has 2 aliphatic carbocycles. The lowest BCUT2D eigenvalue weighted by atomic mass is 9.88. The molecule has 1 aliphatic heterocycles. The minimum atomic E-state index is 0.792. The predicted molar refractivity (Wildman–Crippen MR) is 125 cm³/mol. The summed E-state index contributed by atoms with van der Waals surface area (Å²) in [4.78, 5) is 10.3. The Hall–Kier alpha value is -2.58. The molecule has 0 bridgehead atoms. The van der Waals surface area contributed by atoms with Gasteiger partial charge in [-0.3, -0.25) is 9.30 Å². The number of nitriles is 1. The van der Waals surface area contributed by atoms with Crippen molar-refractivity contribution in [1.29, 1.82) is 5.26 Å². The van der Waals surface area contributed by atoms with E-state index in [1.807, 2.05) is 6.07 Å². The number of pyridine rings is 1. The highest BCUT2D eigenvalue weighted by molar-refractivity contribution is 5.86. The molecule has 0 amide bonds. The molecule has 2 fully saturated rings. The number of hydrogen-bond donors (Lipinski definition) is 0. The first-order valence-corrected chi connectivity index (χ1v) is 12.2. The molecule has 0 atom stereocenters. The number of para-hydroxylation sites is 2. The summed E-state index contributed by atoms with van der Waals surface area (Å²) in [6, 6.07) is 11.7. The van der Waals surface area contributed by atoms with Crippen LogP contribution in [0, 0.1) is 11.3 Å². The second kappa shape index (κ2) is 7.84. The van der Waals surface area contributed by atoms with Crippen molar-refractivity contribution >= 4 is 22.5 Å². The lowest BCUT2D eigenvalue weighted by Gasteiger charge is -2.42. The van der Waals surface area contributed by atoms with E-state index >= 15 is 0 Å². The fourth-order valence-corrected chi connectivity index (χ4v) is 6.30. The fourth-order valence-electron chi connectivity index (χ4n) is 6.30.